The lowest BCUT2D eigenvalue weighted by atomic mass is 10.1. The summed E-state index contributed by atoms with van der Waals surface area (Å²) in [6.07, 6.45) is 1.10. The number of hydrogen-bond donors (Lipinski definition) is 2. The zero-order chi connectivity index (χ0) is 20.4. The van der Waals surface area contributed by atoms with Crippen LogP contribution in [0.25, 0.3) is 5.69 Å². The molecule has 0 saturated heterocycles. The minimum Gasteiger partial charge on any atom is -0.545 e. The summed E-state index contributed by atoms with van der Waals surface area (Å²) < 4.78 is 14.2. The van der Waals surface area contributed by atoms with Crippen LogP contribution in [0, 0.1) is 17.5 Å². The van der Waals surface area contributed by atoms with Crippen molar-refractivity contribution in [3.63, 3.8) is 0 Å². The molecule has 0 spiro atoms. The highest BCUT2D eigenvalue weighted by Gasteiger charge is 2.13. The molecule has 0 aliphatic rings. The maximum Gasteiger partial charge on any atom is 0.264 e. The van der Waals surface area contributed by atoms with Gasteiger partial charge in [0.15, 0.2) is 4.77 Å². The standard InChI is InChI=1S/C19H14FN3O4S/c1-10-2-3-11(18(26)27)8-15(10)21-9-14-16(24)22-19(28)23(17(14)25)13-6-4-12(20)5-7-13/h2-9,25H,1H3,(H,26,27)(H,22,24,28)/p-1. The van der Waals surface area contributed by atoms with E-state index in [4.69, 9.17) is 12.2 Å². The monoisotopic (exact) mass is 398 g/mol. The van der Waals surface area contributed by atoms with Crippen molar-refractivity contribution in [2.45, 2.75) is 6.92 Å². The van der Waals surface area contributed by atoms with Crippen molar-refractivity contribution in [2.75, 3.05) is 0 Å². The third-order valence-electron chi connectivity index (χ3n) is 3.98. The molecule has 142 valence electrons. The van der Waals surface area contributed by atoms with Gasteiger partial charge in [0, 0.05) is 6.21 Å². The summed E-state index contributed by atoms with van der Waals surface area (Å²) in [5.74, 6) is -2.32. The number of rotatable bonds is 4. The lowest BCUT2D eigenvalue weighted by Crippen LogP contribution is -2.22. The van der Waals surface area contributed by atoms with E-state index in [-0.39, 0.29) is 21.6 Å². The number of nitrogens with one attached hydrogen (secondary N) is 1. The molecule has 2 aromatic carbocycles. The fraction of sp³-hybridized carbons (Fsp3) is 0.0526. The van der Waals surface area contributed by atoms with Crippen LogP contribution in [0.2, 0.25) is 0 Å². The van der Waals surface area contributed by atoms with Gasteiger partial charge in [0.05, 0.1) is 17.3 Å². The zero-order valence-corrected chi connectivity index (χ0v) is 15.3. The van der Waals surface area contributed by atoms with Gasteiger partial charge in [0.2, 0.25) is 5.88 Å². The van der Waals surface area contributed by atoms with E-state index in [9.17, 15) is 24.2 Å². The first kappa shape index (κ1) is 19.2. The topological polar surface area (TPSA) is 111 Å². The minimum absolute atomic E-state index is 0.0711. The summed E-state index contributed by atoms with van der Waals surface area (Å²) in [4.78, 5) is 29.8. The number of aromatic amines is 1. The Hall–Kier alpha value is -3.59. The van der Waals surface area contributed by atoms with Crippen molar-refractivity contribution in [3.8, 4) is 11.6 Å². The Labute approximate surface area is 163 Å². The molecule has 0 fully saturated rings. The summed E-state index contributed by atoms with van der Waals surface area (Å²) in [6.45, 7) is 1.71. The molecule has 7 nitrogen and oxygen atoms in total. The first-order valence-corrected chi connectivity index (χ1v) is 8.39. The quantitative estimate of drug-likeness (QED) is 0.517. The van der Waals surface area contributed by atoms with E-state index in [1.807, 2.05) is 0 Å². The van der Waals surface area contributed by atoms with Crippen molar-refractivity contribution in [1.82, 2.24) is 9.55 Å². The van der Waals surface area contributed by atoms with Crippen molar-refractivity contribution in [3.05, 3.63) is 80.1 Å². The second-order valence-electron chi connectivity index (χ2n) is 5.86. The average molecular weight is 398 g/mol. The highest BCUT2D eigenvalue weighted by atomic mass is 32.1. The molecule has 0 aliphatic carbocycles. The van der Waals surface area contributed by atoms with E-state index in [1.165, 1.54) is 36.4 Å². The number of benzene rings is 2. The van der Waals surface area contributed by atoms with Gasteiger partial charge in [-0.3, -0.25) is 19.3 Å². The van der Waals surface area contributed by atoms with Crippen molar-refractivity contribution < 1.29 is 19.4 Å². The third-order valence-corrected chi connectivity index (χ3v) is 4.27. The largest absolute Gasteiger partial charge is 0.545 e. The SMILES string of the molecule is Cc1ccc(C(=O)[O-])cc1N=Cc1c(O)n(-c2ccc(F)cc2)c(=S)[nH]c1=O. The molecule has 1 aromatic heterocycles. The lowest BCUT2D eigenvalue weighted by molar-refractivity contribution is -0.255. The van der Waals surface area contributed by atoms with Crippen LogP contribution in [0.3, 0.4) is 0 Å². The number of H-pyrrole nitrogens is 1. The molecule has 9 heteroatoms. The first-order chi connectivity index (χ1) is 13.3. The van der Waals surface area contributed by atoms with Gasteiger partial charge in [0.25, 0.3) is 5.56 Å². The summed E-state index contributed by atoms with van der Waals surface area (Å²) in [7, 11) is 0. The maximum absolute atomic E-state index is 13.2. The number of hydrogen-bond acceptors (Lipinski definition) is 6. The third kappa shape index (κ3) is 3.74. The average Bonchev–Trinajstić information content (AvgIpc) is 2.64. The second kappa shape index (κ2) is 7.57. The number of aryl methyl sites for hydroxylation is 1. The van der Waals surface area contributed by atoms with E-state index in [0.29, 0.717) is 11.3 Å². The molecule has 0 atom stereocenters. The number of aromatic nitrogens is 2. The van der Waals surface area contributed by atoms with Crippen LogP contribution in [0.1, 0.15) is 21.5 Å². The molecule has 28 heavy (non-hydrogen) atoms. The number of aromatic hydroxyl groups is 1. The zero-order valence-electron chi connectivity index (χ0n) is 14.5. The maximum atomic E-state index is 13.2. The highest BCUT2D eigenvalue weighted by Crippen LogP contribution is 2.22. The predicted octanol–water partition coefficient (Wildman–Crippen LogP) is 2.16. The van der Waals surface area contributed by atoms with Gasteiger partial charge in [-0.2, -0.15) is 0 Å². The fourth-order valence-corrected chi connectivity index (χ4v) is 2.78. The van der Waals surface area contributed by atoms with Crippen LogP contribution < -0.4 is 10.7 Å². The predicted molar refractivity (Wildman–Crippen MR) is 102 cm³/mol. The van der Waals surface area contributed by atoms with Gasteiger partial charge in [-0.1, -0.05) is 12.1 Å². The van der Waals surface area contributed by atoms with Crippen LogP contribution in [0.15, 0.2) is 52.3 Å². The van der Waals surface area contributed by atoms with Gasteiger partial charge >= 0.3 is 0 Å². The number of aromatic carboxylic acids is 1. The van der Waals surface area contributed by atoms with E-state index in [1.54, 1.807) is 13.0 Å². The van der Waals surface area contributed by atoms with Gasteiger partial charge in [-0.25, -0.2) is 4.39 Å². The van der Waals surface area contributed by atoms with Crippen LogP contribution in [-0.4, -0.2) is 26.8 Å². The van der Waals surface area contributed by atoms with Crippen LogP contribution in [0.5, 0.6) is 5.88 Å². The molecule has 0 bridgehead atoms. The highest BCUT2D eigenvalue weighted by molar-refractivity contribution is 7.71. The summed E-state index contributed by atoms with van der Waals surface area (Å²) in [5, 5.41) is 21.6. The van der Waals surface area contributed by atoms with E-state index in [2.05, 4.69) is 9.98 Å². The molecule has 0 saturated carbocycles. The smallest absolute Gasteiger partial charge is 0.264 e. The van der Waals surface area contributed by atoms with Crippen molar-refractivity contribution in [1.29, 1.82) is 0 Å². The Bertz CT molecular complexity index is 1210. The van der Waals surface area contributed by atoms with Crippen LogP contribution in [-0.2, 0) is 0 Å². The lowest BCUT2D eigenvalue weighted by Gasteiger charge is -2.11. The fourth-order valence-electron chi connectivity index (χ4n) is 2.49. The first-order valence-electron chi connectivity index (χ1n) is 7.98. The Morgan fingerprint density at radius 1 is 1.29 bits per heavy atom. The minimum atomic E-state index is -1.36. The van der Waals surface area contributed by atoms with Crippen LogP contribution in [0.4, 0.5) is 10.1 Å². The Kier molecular flexibility index (Phi) is 5.18. The van der Waals surface area contributed by atoms with E-state index < -0.39 is 23.2 Å². The number of carboxylic acids is 1. The summed E-state index contributed by atoms with van der Waals surface area (Å²) >= 11 is 5.08. The number of carbonyl (C=O) groups is 1. The van der Waals surface area contributed by atoms with Crippen LogP contribution >= 0.6 is 12.2 Å². The Morgan fingerprint density at radius 2 is 1.96 bits per heavy atom. The summed E-state index contributed by atoms with van der Waals surface area (Å²) in [5.41, 5.74) is 0.331. The summed E-state index contributed by atoms with van der Waals surface area (Å²) in [6, 6.07) is 9.36. The molecule has 3 rings (SSSR count). The molecule has 0 radical (unpaired) electrons. The van der Waals surface area contributed by atoms with Gasteiger partial charge in [0.1, 0.15) is 11.4 Å². The van der Waals surface area contributed by atoms with Gasteiger partial charge < -0.3 is 15.0 Å². The van der Waals surface area contributed by atoms with Gasteiger partial charge in [-0.15, -0.1) is 0 Å². The molecular formula is C19H13FN3O4S-. The molecule has 2 N–H and O–H groups in total. The number of halogens is 1. The Morgan fingerprint density at radius 3 is 2.61 bits per heavy atom. The second-order valence-corrected chi connectivity index (χ2v) is 6.24. The molecular weight excluding hydrogens is 385 g/mol. The molecule has 1 heterocycles. The van der Waals surface area contributed by atoms with Crippen molar-refractivity contribution >= 4 is 30.1 Å². The van der Waals surface area contributed by atoms with E-state index in [0.717, 1.165) is 10.8 Å². The van der Waals surface area contributed by atoms with E-state index >= 15 is 0 Å². The molecule has 0 aliphatic heterocycles. The van der Waals surface area contributed by atoms with Gasteiger partial charge in [-0.05, 0) is 60.6 Å². The molecule has 0 amide bonds. The number of carboxylic acid groups (broad SMARTS) is 1. The number of carbonyl (C=O) groups excluding carboxylic acids is 1. The number of nitrogens with zero attached hydrogens (tertiary/aromatic N) is 2. The Balaban J connectivity index is 2.12. The number of aliphatic imine (C=N–C) groups is 1. The molecule has 0 unspecified atom stereocenters. The normalized spacial score (nSPS) is 11.1. The molecule has 3 aromatic rings. The van der Waals surface area contributed by atoms with Crippen molar-refractivity contribution in [2.24, 2.45) is 4.99 Å².